The maximum Gasteiger partial charge on any atom is 0.306 e. The number of carboxylic acids is 1. The molecule has 0 aromatic carbocycles. The number of rotatable bonds is 82. The number of esters is 2. The van der Waals surface area contributed by atoms with Gasteiger partial charge in [0.2, 0.25) is 0 Å². The lowest BCUT2D eigenvalue weighted by Gasteiger charge is -2.26. The number of aliphatic carboxylic acids is 1. The summed E-state index contributed by atoms with van der Waals surface area (Å²) in [6.07, 6.45) is 105. The molecular weight excluding hydrogens is 1220 g/mol. The second-order valence-corrected chi connectivity index (χ2v) is 30.8. The smallest absolute Gasteiger partial charge is 0.306 e. The molecule has 0 spiro atoms. The van der Waals surface area contributed by atoms with Crippen molar-refractivity contribution in [1.29, 1.82) is 0 Å². The van der Waals surface area contributed by atoms with Gasteiger partial charge >= 0.3 is 11.9 Å². The van der Waals surface area contributed by atoms with Gasteiger partial charge in [0.25, 0.3) is 0 Å². The first-order valence-electron chi connectivity index (χ1n) is 43.4. The van der Waals surface area contributed by atoms with Crippen LogP contribution in [0.25, 0.3) is 0 Å². The standard InChI is InChI=1S/C90H167NO8/c1-6-8-10-12-14-16-18-20-22-24-26-28-30-32-34-36-38-40-41-42-43-44-45-46-47-49-50-52-54-56-58-60-62-64-66-68-70-72-74-76-78-80-87(92)97-84-86(85-98-90(89(94)95)96-83-82-91(3,4)5)99-88(93)81-79-77-75-73-71-69-67-65-63-61-59-57-55-53-51-48-39-37-35-33-31-29-27-25-23-21-19-17-15-13-11-9-7-2/h9,11,15,17,21,23,27,29,33,35,86,90H,6-8,10,12-14,16,18-20,22,24-26,28,30-32,34,36-85H2,1-5H3/b11-9-,17-15-,23-21-,29-27-,35-33-. The van der Waals surface area contributed by atoms with Crippen LogP contribution in [0.4, 0.5) is 0 Å². The Labute approximate surface area is 615 Å². The van der Waals surface area contributed by atoms with Gasteiger partial charge in [-0.1, -0.05) is 428 Å². The normalized spacial score (nSPS) is 12.9. The molecule has 0 aliphatic rings. The van der Waals surface area contributed by atoms with E-state index in [1.54, 1.807) is 0 Å². The number of carboxylic acid groups (broad SMARTS) is 1. The molecule has 0 rings (SSSR count). The van der Waals surface area contributed by atoms with Crippen molar-refractivity contribution >= 4 is 17.9 Å². The summed E-state index contributed by atoms with van der Waals surface area (Å²) >= 11 is 0. The lowest BCUT2D eigenvalue weighted by molar-refractivity contribution is -0.870. The molecule has 0 bridgehead atoms. The van der Waals surface area contributed by atoms with Crippen LogP contribution in [0, 0.1) is 0 Å². The van der Waals surface area contributed by atoms with Crippen molar-refractivity contribution in [3.8, 4) is 0 Å². The van der Waals surface area contributed by atoms with Gasteiger partial charge in [-0.05, 0) is 57.8 Å². The van der Waals surface area contributed by atoms with E-state index in [1.807, 2.05) is 21.1 Å². The molecule has 0 aromatic rings. The third-order valence-corrected chi connectivity index (χ3v) is 19.8. The highest BCUT2D eigenvalue weighted by Gasteiger charge is 2.22. The SMILES string of the molecule is CC/C=C\C/C=C\C/C=C\C/C=C\C/C=C\CCCCCCCCCCCCCCCCCCCC(=O)OC(COC(=O)CCCCCCCCCCCCCCCCCCCCCCCCCCCCCCCCCCCCCCCCCCC)COC(OCC[N+](C)(C)C)C(=O)[O-]. The first-order chi connectivity index (χ1) is 48.6. The fraction of sp³-hybridized carbons (Fsp3) is 0.856. The summed E-state index contributed by atoms with van der Waals surface area (Å²) in [4.78, 5) is 37.7. The molecule has 0 amide bonds. The quantitative estimate of drug-likeness (QED) is 0.0195. The molecule has 99 heavy (non-hydrogen) atoms. The average molecular weight is 1390 g/mol. The molecule has 580 valence electrons. The topological polar surface area (TPSA) is 111 Å². The molecule has 0 saturated carbocycles. The maximum atomic E-state index is 13.0. The van der Waals surface area contributed by atoms with Crippen LogP contribution >= 0.6 is 0 Å². The molecular formula is C90H167NO8. The number of hydrogen-bond acceptors (Lipinski definition) is 8. The van der Waals surface area contributed by atoms with E-state index >= 15 is 0 Å². The lowest BCUT2D eigenvalue weighted by atomic mass is 10.0. The summed E-state index contributed by atoms with van der Waals surface area (Å²) in [5, 5.41) is 11.9. The minimum Gasteiger partial charge on any atom is -0.545 e. The zero-order valence-corrected chi connectivity index (χ0v) is 66.6. The summed E-state index contributed by atoms with van der Waals surface area (Å²) < 4.78 is 22.9. The maximum absolute atomic E-state index is 13.0. The number of quaternary nitrogens is 1. The molecule has 0 aliphatic heterocycles. The minimum absolute atomic E-state index is 0.149. The van der Waals surface area contributed by atoms with E-state index < -0.39 is 24.3 Å². The third-order valence-electron chi connectivity index (χ3n) is 19.8. The number of hydrogen-bond donors (Lipinski definition) is 0. The van der Waals surface area contributed by atoms with E-state index in [-0.39, 0.29) is 32.2 Å². The van der Waals surface area contributed by atoms with Gasteiger partial charge in [0.05, 0.1) is 40.3 Å². The van der Waals surface area contributed by atoms with Gasteiger partial charge in [-0.15, -0.1) is 0 Å². The van der Waals surface area contributed by atoms with Crippen molar-refractivity contribution in [2.75, 3.05) is 47.5 Å². The Morgan fingerprint density at radius 2 is 0.576 bits per heavy atom. The van der Waals surface area contributed by atoms with Crippen LogP contribution in [0.5, 0.6) is 0 Å². The number of allylic oxidation sites excluding steroid dienone is 10. The average Bonchev–Trinajstić information content (AvgIpc) is 1.57. The van der Waals surface area contributed by atoms with E-state index in [4.69, 9.17) is 18.9 Å². The molecule has 0 fully saturated rings. The number of nitrogens with zero attached hydrogens (tertiary/aromatic N) is 1. The van der Waals surface area contributed by atoms with Crippen LogP contribution in [0.3, 0.4) is 0 Å². The van der Waals surface area contributed by atoms with Gasteiger partial charge in [-0.25, -0.2) is 0 Å². The van der Waals surface area contributed by atoms with Crippen molar-refractivity contribution < 1.29 is 42.9 Å². The van der Waals surface area contributed by atoms with E-state index in [1.165, 1.54) is 340 Å². The zero-order chi connectivity index (χ0) is 71.8. The molecule has 2 atom stereocenters. The lowest BCUT2D eigenvalue weighted by Crippen LogP contribution is -2.44. The molecule has 0 aromatic heterocycles. The van der Waals surface area contributed by atoms with Crippen LogP contribution in [-0.4, -0.2) is 82.3 Å². The van der Waals surface area contributed by atoms with Crippen molar-refractivity contribution in [2.24, 2.45) is 0 Å². The summed E-state index contributed by atoms with van der Waals surface area (Å²) in [6, 6.07) is 0. The molecule has 0 saturated heterocycles. The second-order valence-electron chi connectivity index (χ2n) is 30.8. The highest BCUT2D eigenvalue weighted by molar-refractivity contribution is 5.70. The van der Waals surface area contributed by atoms with Gasteiger partial charge < -0.3 is 33.3 Å². The largest absolute Gasteiger partial charge is 0.545 e. The molecule has 9 heteroatoms. The Kier molecular flexibility index (Phi) is 78.2. The second kappa shape index (κ2) is 80.7. The highest BCUT2D eigenvalue weighted by atomic mass is 16.7. The van der Waals surface area contributed by atoms with E-state index in [0.29, 0.717) is 23.9 Å². The van der Waals surface area contributed by atoms with Gasteiger partial charge in [-0.3, -0.25) is 9.59 Å². The monoisotopic (exact) mass is 1390 g/mol. The third kappa shape index (κ3) is 82.2. The minimum atomic E-state index is -1.62. The Morgan fingerprint density at radius 3 is 0.859 bits per heavy atom. The molecule has 0 aliphatic carbocycles. The molecule has 0 radical (unpaired) electrons. The number of ether oxygens (including phenoxy) is 4. The van der Waals surface area contributed by atoms with Crippen LogP contribution < -0.4 is 5.11 Å². The van der Waals surface area contributed by atoms with Crippen molar-refractivity contribution in [1.82, 2.24) is 0 Å². The number of likely N-dealkylation sites (N-methyl/N-ethyl adjacent to an activating group) is 1. The Bertz CT molecular complexity index is 1820. The molecule has 9 nitrogen and oxygen atoms in total. The van der Waals surface area contributed by atoms with E-state index in [0.717, 1.165) is 64.2 Å². The first kappa shape index (κ1) is 96.0. The highest BCUT2D eigenvalue weighted by Crippen LogP contribution is 2.21. The Hall–Kier alpha value is -3.01. The van der Waals surface area contributed by atoms with Gasteiger partial charge in [0, 0.05) is 12.8 Å². The first-order valence-corrected chi connectivity index (χ1v) is 43.4. The van der Waals surface area contributed by atoms with Gasteiger partial charge in [-0.2, -0.15) is 0 Å². The van der Waals surface area contributed by atoms with Crippen LogP contribution in [0.15, 0.2) is 60.8 Å². The molecule has 0 N–H and O–H groups in total. The van der Waals surface area contributed by atoms with Gasteiger partial charge in [0.1, 0.15) is 13.2 Å². The zero-order valence-electron chi connectivity index (χ0n) is 66.6. The molecule has 2 unspecified atom stereocenters. The predicted octanol–water partition coefficient (Wildman–Crippen LogP) is 26.8. The van der Waals surface area contributed by atoms with Crippen molar-refractivity contribution in [3.63, 3.8) is 0 Å². The Morgan fingerprint density at radius 1 is 0.313 bits per heavy atom. The van der Waals surface area contributed by atoms with Crippen LogP contribution in [-0.2, 0) is 33.3 Å². The number of unbranched alkanes of at least 4 members (excludes halogenated alkanes) is 57. The van der Waals surface area contributed by atoms with Crippen LogP contribution in [0.2, 0.25) is 0 Å². The van der Waals surface area contributed by atoms with Crippen molar-refractivity contribution in [3.05, 3.63) is 60.8 Å². The molecule has 0 heterocycles. The summed E-state index contributed by atoms with van der Waals surface area (Å²) in [5.41, 5.74) is 0. The van der Waals surface area contributed by atoms with Crippen LogP contribution in [0.1, 0.15) is 438 Å². The van der Waals surface area contributed by atoms with Crippen molar-refractivity contribution in [2.45, 2.75) is 450 Å². The predicted molar refractivity (Wildman–Crippen MR) is 426 cm³/mol. The van der Waals surface area contributed by atoms with E-state index in [9.17, 15) is 19.5 Å². The Balaban J connectivity index is 3.91. The summed E-state index contributed by atoms with van der Waals surface area (Å²) in [6.45, 7) is 4.71. The van der Waals surface area contributed by atoms with E-state index in [2.05, 4.69) is 74.6 Å². The fourth-order valence-corrected chi connectivity index (χ4v) is 13.2. The summed E-state index contributed by atoms with van der Waals surface area (Å²) in [7, 11) is 5.95. The van der Waals surface area contributed by atoms with Gasteiger partial charge in [0.15, 0.2) is 12.4 Å². The fourth-order valence-electron chi connectivity index (χ4n) is 13.2. The number of carbonyl (C=O) groups excluding carboxylic acids is 3. The summed E-state index contributed by atoms with van der Waals surface area (Å²) in [5.74, 6) is -2.25. The number of carbonyl (C=O) groups is 3.